The fraction of sp³-hybridized carbons (Fsp3) is 0.344. The highest BCUT2D eigenvalue weighted by molar-refractivity contribution is 7.80. The molecule has 0 radical (unpaired) electrons. The Hall–Kier alpha value is -3.51. The van der Waals surface area contributed by atoms with Crippen molar-refractivity contribution in [3.63, 3.8) is 0 Å². The molecule has 1 unspecified atom stereocenters. The highest BCUT2D eigenvalue weighted by Gasteiger charge is 2.51. The van der Waals surface area contributed by atoms with E-state index in [0.29, 0.717) is 33.5 Å². The summed E-state index contributed by atoms with van der Waals surface area (Å²) in [6, 6.07) is 17.0. The van der Waals surface area contributed by atoms with Gasteiger partial charge in [-0.05, 0) is 93.4 Å². The summed E-state index contributed by atoms with van der Waals surface area (Å²) in [6.45, 7) is 8.11. The van der Waals surface area contributed by atoms with E-state index in [2.05, 4.69) is 5.32 Å². The van der Waals surface area contributed by atoms with Crippen LogP contribution in [0.3, 0.4) is 0 Å². The Bertz CT molecular complexity index is 1720. The van der Waals surface area contributed by atoms with Crippen LogP contribution < -0.4 is 15.1 Å². The SMILES string of the molecule is CNC(=O)c1c(-c2ccc(F)cc2)oc2cc(N(Cc3cccc(B4OC(C)(C)C(C)(C)O4)c3)S(=O)O)c(C3CC3)cc12. The number of benzene rings is 3. The fourth-order valence-corrected chi connectivity index (χ4v) is 6.03. The van der Waals surface area contributed by atoms with Gasteiger partial charge >= 0.3 is 7.12 Å². The molecule has 43 heavy (non-hydrogen) atoms. The van der Waals surface area contributed by atoms with Crippen molar-refractivity contribution in [3.8, 4) is 11.3 Å². The molecule has 2 heterocycles. The molecule has 0 bridgehead atoms. The number of carbonyl (C=O) groups is 1. The minimum atomic E-state index is -2.37. The molecule has 1 saturated heterocycles. The van der Waals surface area contributed by atoms with Gasteiger partial charge in [0.25, 0.3) is 17.2 Å². The van der Waals surface area contributed by atoms with Crippen LogP contribution in [-0.4, -0.2) is 40.0 Å². The third kappa shape index (κ3) is 5.51. The molecule has 3 aromatic carbocycles. The lowest BCUT2D eigenvalue weighted by atomic mass is 9.78. The molecule has 224 valence electrons. The Labute approximate surface area is 253 Å². The second kappa shape index (κ2) is 10.9. The average molecular weight is 605 g/mol. The van der Waals surface area contributed by atoms with E-state index in [-0.39, 0.29) is 18.4 Å². The van der Waals surface area contributed by atoms with Gasteiger partial charge < -0.3 is 19.0 Å². The number of furan rings is 1. The summed E-state index contributed by atoms with van der Waals surface area (Å²) in [4.78, 5) is 13.1. The van der Waals surface area contributed by atoms with Crippen molar-refractivity contribution in [1.82, 2.24) is 5.32 Å². The largest absolute Gasteiger partial charge is 0.494 e. The van der Waals surface area contributed by atoms with E-state index < -0.39 is 35.4 Å². The zero-order valence-corrected chi connectivity index (χ0v) is 25.6. The molecule has 11 heteroatoms. The number of anilines is 1. The number of rotatable bonds is 8. The molecule has 0 spiro atoms. The van der Waals surface area contributed by atoms with E-state index in [9.17, 15) is 17.9 Å². The van der Waals surface area contributed by atoms with Crippen molar-refractivity contribution in [1.29, 1.82) is 0 Å². The molecule has 1 atom stereocenters. The topological polar surface area (TPSA) is 101 Å². The van der Waals surface area contributed by atoms with Crippen LogP contribution >= 0.6 is 0 Å². The Morgan fingerprint density at radius 1 is 1.07 bits per heavy atom. The van der Waals surface area contributed by atoms with Gasteiger partial charge in [0.15, 0.2) is 0 Å². The zero-order chi connectivity index (χ0) is 30.7. The van der Waals surface area contributed by atoms with Gasteiger partial charge in [0.2, 0.25) is 0 Å². The van der Waals surface area contributed by atoms with Crippen LogP contribution in [0, 0.1) is 5.82 Å². The van der Waals surface area contributed by atoms with Crippen molar-refractivity contribution in [2.45, 2.75) is 64.2 Å². The summed E-state index contributed by atoms with van der Waals surface area (Å²) in [5.74, 6) is -0.249. The van der Waals surface area contributed by atoms with Crippen molar-refractivity contribution in [2.75, 3.05) is 11.4 Å². The fourth-order valence-electron chi connectivity index (χ4n) is 5.45. The number of fused-ring (bicyclic) bond motifs is 1. The van der Waals surface area contributed by atoms with E-state index >= 15 is 0 Å². The molecule has 1 aliphatic heterocycles. The lowest BCUT2D eigenvalue weighted by molar-refractivity contribution is 0.00578. The third-order valence-electron chi connectivity index (χ3n) is 8.67. The van der Waals surface area contributed by atoms with E-state index in [0.717, 1.165) is 29.4 Å². The first-order valence-electron chi connectivity index (χ1n) is 14.3. The monoisotopic (exact) mass is 604 g/mol. The molecular formula is C32H34BFN2O6S. The predicted molar refractivity (Wildman–Crippen MR) is 166 cm³/mol. The van der Waals surface area contributed by atoms with Crippen molar-refractivity contribution in [3.05, 3.63) is 83.2 Å². The van der Waals surface area contributed by atoms with Crippen LogP contribution in [0.25, 0.3) is 22.3 Å². The van der Waals surface area contributed by atoms with Crippen molar-refractivity contribution >= 4 is 46.4 Å². The van der Waals surface area contributed by atoms with Gasteiger partial charge in [-0.2, -0.15) is 0 Å². The Morgan fingerprint density at radius 2 is 1.74 bits per heavy atom. The lowest BCUT2D eigenvalue weighted by Crippen LogP contribution is -2.41. The van der Waals surface area contributed by atoms with Crippen LogP contribution in [-0.2, 0) is 27.1 Å². The van der Waals surface area contributed by atoms with Gasteiger partial charge in [0.1, 0.15) is 17.2 Å². The van der Waals surface area contributed by atoms with Crippen molar-refractivity contribution in [2.24, 2.45) is 0 Å². The van der Waals surface area contributed by atoms with Crippen molar-refractivity contribution < 1.29 is 31.7 Å². The first-order chi connectivity index (χ1) is 20.4. The maximum atomic E-state index is 13.7. The summed E-state index contributed by atoms with van der Waals surface area (Å²) in [7, 11) is 0.979. The standard InChI is InChI=1S/C32H34BFN2O6S/c1-31(2)32(3,4)42-33(41-31)22-8-6-7-19(15-22)18-36(43(38)39)26-17-27-25(16-24(26)20-9-10-20)28(30(37)35-5)29(40-27)21-11-13-23(34)14-12-21/h6-8,11-17,20H,9-10,18H2,1-5H3,(H,35,37)(H,38,39). The van der Waals surface area contributed by atoms with Crippen LogP contribution in [0.5, 0.6) is 0 Å². The van der Waals surface area contributed by atoms with Crippen LogP contribution in [0.1, 0.15) is 67.9 Å². The predicted octanol–water partition coefficient (Wildman–Crippen LogP) is 5.92. The Morgan fingerprint density at radius 3 is 2.35 bits per heavy atom. The molecule has 2 N–H and O–H groups in total. The lowest BCUT2D eigenvalue weighted by Gasteiger charge is -2.32. The Balaban J connectivity index is 1.41. The summed E-state index contributed by atoms with van der Waals surface area (Å²) < 4.78 is 57.2. The highest BCUT2D eigenvalue weighted by atomic mass is 32.2. The Kier molecular flexibility index (Phi) is 7.49. The minimum Gasteiger partial charge on any atom is -0.455 e. The van der Waals surface area contributed by atoms with Gasteiger partial charge in [-0.15, -0.1) is 0 Å². The van der Waals surface area contributed by atoms with Gasteiger partial charge in [-0.25, -0.2) is 8.60 Å². The number of amides is 1. The number of carbonyl (C=O) groups excluding carboxylic acids is 1. The number of hydrogen-bond acceptors (Lipinski definition) is 5. The summed E-state index contributed by atoms with van der Waals surface area (Å²) >= 11 is -2.37. The first kappa shape index (κ1) is 29.6. The molecule has 1 amide bonds. The number of hydrogen-bond donors (Lipinski definition) is 2. The van der Waals surface area contributed by atoms with Gasteiger partial charge in [-0.1, -0.05) is 24.3 Å². The normalized spacial score (nSPS) is 18.2. The van der Waals surface area contributed by atoms with Gasteiger partial charge in [0.05, 0.1) is 29.0 Å². The van der Waals surface area contributed by atoms with E-state index in [1.807, 2.05) is 58.0 Å². The summed E-state index contributed by atoms with van der Waals surface area (Å²) in [6.07, 6.45) is 1.86. The number of halogens is 1. The summed E-state index contributed by atoms with van der Waals surface area (Å²) in [5.41, 5.74) is 3.33. The summed E-state index contributed by atoms with van der Waals surface area (Å²) in [5, 5.41) is 3.27. The highest BCUT2D eigenvalue weighted by Crippen LogP contribution is 2.48. The molecule has 1 aliphatic carbocycles. The average Bonchev–Trinajstić information content (AvgIpc) is 3.70. The minimum absolute atomic E-state index is 0.134. The molecule has 1 saturated carbocycles. The molecule has 2 aliphatic rings. The molecule has 4 aromatic rings. The molecular weight excluding hydrogens is 570 g/mol. The molecule has 8 nitrogen and oxygen atoms in total. The van der Waals surface area contributed by atoms with Gasteiger partial charge in [-0.3, -0.25) is 13.7 Å². The van der Waals surface area contributed by atoms with E-state index in [4.69, 9.17) is 13.7 Å². The molecule has 2 fully saturated rings. The van der Waals surface area contributed by atoms with E-state index in [1.165, 1.54) is 16.4 Å². The second-order valence-electron chi connectivity index (χ2n) is 12.2. The maximum absolute atomic E-state index is 13.7. The van der Waals surface area contributed by atoms with Crippen LogP contribution in [0.4, 0.5) is 10.1 Å². The molecule has 6 rings (SSSR count). The quantitative estimate of drug-likeness (QED) is 0.191. The maximum Gasteiger partial charge on any atom is 0.494 e. The first-order valence-corrected chi connectivity index (χ1v) is 15.4. The number of nitrogens with zero attached hydrogens (tertiary/aromatic N) is 1. The second-order valence-corrected chi connectivity index (χ2v) is 13.1. The third-order valence-corrected chi connectivity index (χ3v) is 9.38. The molecule has 1 aromatic heterocycles. The van der Waals surface area contributed by atoms with Crippen LogP contribution in [0.15, 0.2) is 65.1 Å². The van der Waals surface area contributed by atoms with Gasteiger partial charge in [0, 0.05) is 24.1 Å². The number of nitrogens with one attached hydrogen (secondary N) is 1. The zero-order valence-electron chi connectivity index (χ0n) is 24.8. The smallest absolute Gasteiger partial charge is 0.455 e. The van der Waals surface area contributed by atoms with Crippen LogP contribution in [0.2, 0.25) is 0 Å². The van der Waals surface area contributed by atoms with E-state index in [1.54, 1.807) is 25.2 Å².